The Morgan fingerprint density at radius 1 is 0.720 bits per heavy atom. The number of allylic oxidation sites excluding steroid dienone is 1. The lowest BCUT2D eigenvalue weighted by atomic mass is 9.94. The molecule has 0 aromatic heterocycles. The fraction of sp³-hybridized carbons (Fsp3) is 0.200. The molecule has 0 aliphatic heterocycles. The van der Waals surface area contributed by atoms with E-state index in [1.807, 2.05) is 0 Å². The Bertz CT molecular complexity index is 883. The van der Waals surface area contributed by atoms with E-state index in [1.165, 1.54) is 52.6 Å². The summed E-state index contributed by atoms with van der Waals surface area (Å²) < 4.78 is 0. The van der Waals surface area contributed by atoms with Crippen molar-refractivity contribution in [3.8, 4) is 22.3 Å². The molecule has 0 radical (unpaired) electrons. The first-order valence-electron chi connectivity index (χ1n) is 9.32. The van der Waals surface area contributed by atoms with E-state index in [0.717, 1.165) is 6.42 Å². The van der Waals surface area contributed by atoms with Gasteiger partial charge in [-0.05, 0) is 52.6 Å². The van der Waals surface area contributed by atoms with Crippen LogP contribution in [0.2, 0.25) is 0 Å². The molecular weight excluding hydrogens is 300 g/mol. The largest absolute Gasteiger partial charge is 0.0654 e. The highest BCUT2D eigenvalue weighted by atomic mass is 14.2. The van der Waals surface area contributed by atoms with Gasteiger partial charge in [-0.15, -0.1) is 0 Å². The average Bonchev–Trinajstić information content (AvgIpc) is 3.10. The van der Waals surface area contributed by atoms with Crippen LogP contribution in [0.5, 0.6) is 0 Å². The molecule has 0 N–H and O–H groups in total. The molecule has 124 valence electrons. The van der Waals surface area contributed by atoms with Gasteiger partial charge in [-0.2, -0.15) is 0 Å². The molecule has 0 fully saturated rings. The molecule has 1 aliphatic rings. The zero-order valence-corrected chi connectivity index (χ0v) is 14.8. The summed E-state index contributed by atoms with van der Waals surface area (Å²) in [5.41, 5.74) is 9.76. The van der Waals surface area contributed by atoms with Gasteiger partial charge in [0.2, 0.25) is 0 Å². The quantitative estimate of drug-likeness (QED) is 0.467. The van der Waals surface area contributed by atoms with Gasteiger partial charge in [0.1, 0.15) is 0 Å². The molecule has 3 aromatic rings. The molecule has 0 unspecified atom stereocenters. The number of hydrogen-bond donors (Lipinski definition) is 0. The van der Waals surface area contributed by atoms with Crippen molar-refractivity contribution < 1.29 is 0 Å². The fourth-order valence-corrected chi connectivity index (χ4v) is 3.74. The van der Waals surface area contributed by atoms with E-state index < -0.39 is 0 Å². The van der Waals surface area contributed by atoms with Crippen LogP contribution in [0.15, 0.2) is 78.4 Å². The normalized spacial score (nSPS) is 12.8. The third-order valence-electron chi connectivity index (χ3n) is 5.13. The molecule has 25 heavy (non-hydrogen) atoms. The van der Waals surface area contributed by atoms with Crippen molar-refractivity contribution in [3.05, 3.63) is 89.5 Å². The summed E-state index contributed by atoms with van der Waals surface area (Å²) in [5, 5.41) is 0. The highest BCUT2D eigenvalue weighted by Crippen LogP contribution is 2.36. The minimum atomic E-state index is 1.12. The van der Waals surface area contributed by atoms with Crippen molar-refractivity contribution in [3.63, 3.8) is 0 Å². The standard InChI is InChI=1S/C25H24/c1-2-3-8-19-17-23-11-7-12-24(25(23)18-19)22-15-13-21(14-16-22)20-9-5-4-6-10-20/h4-7,9-17H,2-3,8,18H2,1H3. The lowest BCUT2D eigenvalue weighted by Crippen LogP contribution is -1.91. The van der Waals surface area contributed by atoms with Crippen molar-refractivity contribution in [2.24, 2.45) is 0 Å². The van der Waals surface area contributed by atoms with Crippen LogP contribution in [0.25, 0.3) is 28.3 Å². The van der Waals surface area contributed by atoms with E-state index in [-0.39, 0.29) is 0 Å². The predicted octanol–water partition coefficient (Wildman–Crippen LogP) is 7.15. The van der Waals surface area contributed by atoms with Crippen molar-refractivity contribution in [1.29, 1.82) is 0 Å². The van der Waals surface area contributed by atoms with E-state index in [1.54, 1.807) is 5.57 Å². The Morgan fingerprint density at radius 3 is 2.20 bits per heavy atom. The summed E-state index contributed by atoms with van der Waals surface area (Å²) in [6.07, 6.45) is 7.32. The fourth-order valence-electron chi connectivity index (χ4n) is 3.74. The molecule has 0 spiro atoms. The smallest absolute Gasteiger partial charge is 0.00517 e. The first kappa shape index (κ1) is 15.9. The first-order valence-corrected chi connectivity index (χ1v) is 9.32. The zero-order valence-electron chi connectivity index (χ0n) is 14.8. The maximum atomic E-state index is 2.41. The number of benzene rings is 3. The molecule has 1 aliphatic carbocycles. The third kappa shape index (κ3) is 3.30. The Hall–Kier alpha value is -2.60. The summed E-state index contributed by atoms with van der Waals surface area (Å²) >= 11 is 0. The van der Waals surface area contributed by atoms with Crippen molar-refractivity contribution in [1.82, 2.24) is 0 Å². The highest BCUT2D eigenvalue weighted by Gasteiger charge is 2.16. The van der Waals surface area contributed by atoms with Gasteiger partial charge < -0.3 is 0 Å². The lowest BCUT2D eigenvalue weighted by molar-refractivity contribution is 0.779. The molecule has 0 amide bonds. The Kier molecular flexibility index (Phi) is 4.52. The van der Waals surface area contributed by atoms with Gasteiger partial charge in [-0.3, -0.25) is 0 Å². The summed E-state index contributed by atoms with van der Waals surface area (Å²) in [7, 11) is 0. The zero-order chi connectivity index (χ0) is 17.1. The van der Waals surface area contributed by atoms with E-state index >= 15 is 0 Å². The van der Waals surface area contributed by atoms with Crippen molar-refractivity contribution in [2.75, 3.05) is 0 Å². The van der Waals surface area contributed by atoms with E-state index in [9.17, 15) is 0 Å². The number of fused-ring (bicyclic) bond motifs is 1. The topological polar surface area (TPSA) is 0 Å². The summed E-state index contributed by atoms with van der Waals surface area (Å²) in [5.74, 6) is 0. The SMILES string of the molecule is CCCCC1=Cc2cccc(-c3ccc(-c4ccccc4)cc3)c2C1. The van der Waals surface area contributed by atoms with Gasteiger partial charge in [0, 0.05) is 0 Å². The summed E-state index contributed by atoms with van der Waals surface area (Å²) in [4.78, 5) is 0. The van der Waals surface area contributed by atoms with Crippen molar-refractivity contribution >= 4 is 6.08 Å². The second-order valence-electron chi connectivity index (χ2n) is 6.90. The van der Waals surface area contributed by atoms with Crippen molar-refractivity contribution in [2.45, 2.75) is 32.6 Å². The molecule has 0 saturated heterocycles. The number of unbranched alkanes of at least 4 members (excludes halogenated alkanes) is 1. The maximum absolute atomic E-state index is 2.41. The molecule has 0 saturated carbocycles. The highest BCUT2D eigenvalue weighted by molar-refractivity contribution is 5.78. The molecule has 0 heterocycles. The molecule has 0 nitrogen and oxygen atoms in total. The molecule has 0 atom stereocenters. The minimum Gasteiger partial charge on any atom is -0.0654 e. The Morgan fingerprint density at radius 2 is 1.44 bits per heavy atom. The van der Waals surface area contributed by atoms with Crippen LogP contribution in [-0.4, -0.2) is 0 Å². The summed E-state index contributed by atoms with van der Waals surface area (Å²) in [6.45, 7) is 2.27. The monoisotopic (exact) mass is 324 g/mol. The molecule has 0 bridgehead atoms. The van der Waals surface area contributed by atoms with Gasteiger partial charge in [0.15, 0.2) is 0 Å². The first-order chi connectivity index (χ1) is 12.3. The molecule has 3 aromatic carbocycles. The molecular formula is C25H24. The van der Waals surface area contributed by atoms with Crippen LogP contribution in [-0.2, 0) is 6.42 Å². The maximum Gasteiger partial charge on any atom is -0.00517 e. The average molecular weight is 324 g/mol. The minimum absolute atomic E-state index is 1.12. The number of rotatable bonds is 5. The molecule has 4 rings (SSSR count). The van der Waals surface area contributed by atoms with E-state index in [4.69, 9.17) is 0 Å². The van der Waals surface area contributed by atoms with Gasteiger partial charge >= 0.3 is 0 Å². The Labute approximate surface area is 150 Å². The van der Waals surface area contributed by atoms with Crippen LogP contribution in [0.4, 0.5) is 0 Å². The van der Waals surface area contributed by atoms with Crippen LogP contribution >= 0.6 is 0 Å². The third-order valence-corrected chi connectivity index (χ3v) is 5.13. The van der Waals surface area contributed by atoms with E-state index in [2.05, 4.69) is 85.8 Å². The van der Waals surface area contributed by atoms with Gasteiger partial charge in [0.05, 0.1) is 0 Å². The second kappa shape index (κ2) is 7.11. The summed E-state index contributed by atoms with van der Waals surface area (Å²) in [6, 6.07) is 26.3. The van der Waals surface area contributed by atoms with Gasteiger partial charge in [-0.25, -0.2) is 0 Å². The van der Waals surface area contributed by atoms with Gasteiger partial charge in [-0.1, -0.05) is 97.8 Å². The van der Waals surface area contributed by atoms with Crippen LogP contribution in [0.1, 0.15) is 37.3 Å². The van der Waals surface area contributed by atoms with Crippen LogP contribution in [0.3, 0.4) is 0 Å². The van der Waals surface area contributed by atoms with Gasteiger partial charge in [0.25, 0.3) is 0 Å². The molecule has 0 heteroatoms. The lowest BCUT2D eigenvalue weighted by Gasteiger charge is -2.10. The Balaban J connectivity index is 1.62. The van der Waals surface area contributed by atoms with Crippen LogP contribution in [0, 0.1) is 0 Å². The second-order valence-corrected chi connectivity index (χ2v) is 6.90. The predicted molar refractivity (Wildman–Crippen MR) is 109 cm³/mol. The number of hydrogen-bond acceptors (Lipinski definition) is 0. The van der Waals surface area contributed by atoms with Crippen LogP contribution < -0.4 is 0 Å². The van der Waals surface area contributed by atoms with E-state index in [0.29, 0.717) is 0 Å².